The van der Waals surface area contributed by atoms with Crippen LogP contribution in [0.5, 0.6) is 17.2 Å². The van der Waals surface area contributed by atoms with Crippen molar-refractivity contribution in [3.8, 4) is 17.2 Å². The number of rotatable bonds is 14. The predicted molar refractivity (Wildman–Crippen MR) is 287 cm³/mol. The molecule has 5 aromatic carbocycles. The van der Waals surface area contributed by atoms with Gasteiger partial charge in [-0.2, -0.15) is 0 Å². The Morgan fingerprint density at radius 1 is 0.657 bits per heavy atom. The van der Waals surface area contributed by atoms with Crippen LogP contribution in [0, 0.1) is 19.3 Å². The Balaban J connectivity index is 0.000000293. The van der Waals surface area contributed by atoms with Crippen molar-refractivity contribution < 1.29 is 23.7 Å². The number of methoxy groups -OCH3 is 2. The number of hydrogen-bond donors (Lipinski definition) is 2. The third-order valence-electron chi connectivity index (χ3n) is 10.6. The first-order valence-corrected chi connectivity index (χ1v) is 23.8. The fraction of sp³-hybridized carbons (Fsp3) is 0.339. The molecule has 2 fully saturated rings. The lowest BCUT2D eigenvalue weighted by molar-refractivity contribution is -0.137. The van der Waals surface area contributed by atoms with Crippen LogP contribution in [0.1, 0.15) is 119 Å². The Morgan fingerprint density at radius 3 is 1.78 bits per heavy atom. The molecule has 0 bridgehead atoms. The minimum atomic E-state index is -0.351. The molecule has 0 amide bonds. The molecule has 6 aromatic rings. The molecule has 0 atom stereocenters. The minimum absolute atomic E-state index is 0.351. The van der Waals surface area contributed by atoms with Gasteiger partial charge in [-0.05, 0) is 116 Å². The standard InChI is InChI=1S/C17H22O3.C14H13NO.C9H8N2.C9H12O.2C4H8.C2H6/c1-3-15-9-11-16(12-10-15)19-13-7-5-6-8-14-20-17(18)4-2;1-3-10-4-6-12-11(8-10)5-7-14(16-2)13(12)9-15;10-9-6-5-7-3-1-2-4-8(7)11-9;1-7-4-5-9(10-3)8(2)6-7;2*1-2-4-3-1;1-2/h3-4,9-12H,1-2,5-8,13-14H2;3-9,15H,1H2,2H3;1-6H,(H2,10,11);4-6H,1-3H3;2*1-4H2;1-2H3. The van der Waals surface area contributed by atoms with Crippen molar-refractivity contribution in [1.29, 1.82) is 5.41 Å². The van der Waals surface area contributed by atoms with Gasteiger partial charge in [0.05, 0.1) is 33.0 Å². The molecule has 2 aliphatic rings. The number of hydrogen-bond acceptors (Lipinski definition) is 8. The third kappa shape index (κ3) is 22.4. The molecule has 0 saturated heterocycles. The van der Waals surface area contributed by atoms with Gasteiger partial charge in [0.2, 0.25) is 0 Å². The number of pyridine rings is 1. The Labute approximate surface area is 402 Å². The maximum absolute atomic E-state index is 10.8. The molecule has 8 rings (SSSR count). The number of anilines is 1. The normalized spacial score (nSPS) is 11.4. The van der Waals surface area contributed by atoms with E-state index in [2.05, 4.69) is 43.8 Å². The number of carbonyl (C=O) groups is 1. The number of nitrogens with zero attached hydrogens (tertiary/aromatic N) is 1. The molecule has 3 N–H and O–H groups in total. The average Bonchev–Trinajstić information content (AvgIpc) is 3.32. The molecule has 0 aliphatic heterocycles. The summed E-state index contributed by atoms with van der Waals surface area (Å²) in [5, 5.41) is 10.7. The lowest BCUT2D eigenvalue weighted by atomic mass is 10.0. The van der Waals surface area contributed by atoms with Crippen molar-refractivity contribution in [3.63, 3.8) is 0 Å². The summed E-state index contributed by atoms with van der Waals surface area (Å²) in [6.45, 7) is 20.1. The molecular formula is C59H77N3O5. The molecule has 2 aliphatic carbocycles. The number of benzene rings is 5. The number of para-hydroxylation sites is 1. The molecule has 8 nitrogen and oxygen atoms in total. The van der Waals surface area contributed by atoms with E-state index < -0.39 is 0 Å². The second kappa shape index (κ2) is 34.6. The Bertz CT molecular complexity index is 2330. The number of esters is 1. The summed E-state index contributed by atoms with van der Waals surface area (Å²) in [7, 11) is 3.31. The summed E-state index contributed by atoms with van der Waals surface area (Å²) >= 11 is 0. The van der Waals surface area contributed by atoms with Crippen LogP contribution in [0.25, 0.3) is 33.8 Å². The van der Waals surface area contributed by atoms with Crippen molar-refractivity contribution in [2.45, 2.75) is 105 Å². The molecule has 0 spiro atoms. The van der Waals surface area contributed by atoms with E-state index in [1.165, 1.54) is 74.8 Å². The number of nitrogens with two attached hydrogens (primary N) is 1. The van der Waals surface area contributed by atoms with Crippen LogP contribution in [0.15, 0.2) is 135 Å². The van der Waals surface area contributed by atoms with Crippen LogP contribution < -0.4 is 19.9 Å². The van der Waals surface area contributed by atoms with Gasteiger partial charge in [-0.15, -0.1) is 0 Å². The molecule has 1 aromatic heterocycles. The molecule has 358 valence electrons. The summed E-state index contributed by atoms with van der Waals surface area (Å²) in [5.74, 6) is 2.80. The van der Waals surface area contributed by atoms with Gasteiger partial charge in [0, 0.05) is 23.2 Å². The fourth-order valence-corrected chi connectivity index (χ4v) is 6.10. The van der Waals surface area contributed by atoms with E-state index >= 15 is 0 Å². The first kappa shape index (κ1) is 56.5. The fourth-order valence-electron chi connectivity index (χ4n) is 6.10. The van der Waals surface area contributed by atoms with Gasteiger partial charge in [-0.25, -0.2) is 9.78 Å². The topological polar surface area (TPSA) is 117 Å². The summed E-state index contributed by atoms with van der Waals surface area (Å²) in [5.41, 5.74) is 11.9. The van der Waals surface area contributed by atoms with E-state index in [1.807, 2.05) is 130 Å². The third-order valence-corrected chi connectivity index (χ3v) is 10.6. The van der Waals surface area contributed by atoms with E-state index in [0.717, 1.165) is 81.3 Å². The molecular weight excluding hydrogens is 831 g/mol. The summed E-state index contributed by atoms with van der Waals surface area (Å²) in [4.78, 5) is 14.9. The van der Waals surface area contributed by atoms with Crippen molar-refractivity contribution >= 4 is 51.8 Å². The Hall–Kier alpha value is -6.67. The van der Waals surface area contributed by atoms with Crippen LogP contribution in [-0.4, -0.2) is 44.6 Å². The van der Waals surface area contributed by atoms with Crippen LogP contribution >= 0.6 is 0 Å². The lowest BCUT2D eigenvalue weighted by Gasteiger charge is -2.08. The van der Waals surface area contributed by atoms with Gasteiger partial charge >= 0.3 is 5.97 Å². The van der Waals surface area contributed by atoms with Crippen molar-refractivity contribution in [2.75, 3.05) is 33.2 Å². The maximum Gasteiger partial charge on any atom is 0.330 e. The zero-order chi connectivity index (χ0) is 49.1. The van der Waals surface area contributed by atoms with Crippen molar-refractivity contribution in [2.24, 2.45) is 0 Å². The van der Waals surface area contributed by atoms with Gasteiger partial charge in [0.15, 0.2) is 0 Å². The van der Waals surface area contributed by atoms with Crippen LogP contribution in [-0.2, 0) is 9.53 Å². The van der Waals surface area contributed by atoms with Crippen LogP contribution in [0.2, 0.25) is 0 Å². The number of unbranched alkanes of at least 4 members (excludes halogenated alkanes) is 3. The molecule has 2 saturated carbocycles. The number of nitrogens with one attached hydrogen (secondary N) is 1. The molecule has 0 radical (unpaired) electrons. The van der Waals surface area contributed by atoms with E-state index in [9.17, 15) is 4.79 Å². The lowest BCUT2D eigenvalue weighted by Crippen LogP contribution is -2.02. The average molecular weight is 908 g/mol. The maximum atomic E-state index is 10.8. The Morgan fingerprint density at radius 2 is 1.22 bits per heavy atom. The van der Waals surface area contributed by atoms with Crippen molar-refractivity contribution in [1.82, 2.24) is 4.98 Å². The molecule has 8 heteroatoms. The number of ether oxygens (including phenoxy) is 4. The van der Waals surface area contributed by atoms with Gasteiger partial charge < -0.3 is 30.1 Å². The first-order chi connectivity index (χ1) is 32.6. The number of aryl methyl sites for hydroxylation is 2. The highest BCUT2D eigenvalue weighted by Gasteiger charge is 2.06. The highest BCUT2D eigenvalue weighted by Crippen LogP contribution is 2.27. The summed E-state index contributed by atoms with van der Waals surface area (Å²) in [6, 6.07) is 35.6. The van der Waals surface area contributed by atoms with Crippen LogP contribution in [0.3, 0.4) is 0 Å². The molecule has 0 unspecified atom stereocenters. The first-order valence-electron chi connectivity index (χ1n) is 23.8. The highest BCUT2D eigenvalue weighted by atomic mass is 16.5. The highest BCUT2D eigenvalue weighted by molar-refractivity contribution is 6.02. The van der Waals surface area contributed by atoms with Gasteiger partial charge in [-0.3, -0.25) is 0 Å². The number of aromatic nitrogens is 1. The van der Waals surface area contributed by atoms with E-state index in [4.69, 9.17) is 30.1 Å². The summed E-state index contributed by atoms with van der Waals surface area (Å²) < 4.78 is 20.9. The molecule has 67 heavy (non-hydrogen) atoms. The van der Waals surface area contributed by atoms with Gasteiger partial charge in [0.1, 0.15) is 23.1 Å². The number of nitrogen functional groups attached to an aromatic ring is 1. The zero-order valence-electron chi connectivity index (χ0n) is 41.3. The summed E-state index contributed by atoms with van der Waals surface area (Å²) in [6.07, 6.45) is 22.1. The van der Waals surface area contributed by atoms with Crippen LogP contribution in [0.4, 0.5) is 5.82 Å². The largest absolute Gasteiger partial charge is 0.496 e. The minimum Gasteiger partial charge on any atom is -0.496 e. The number of carbonyl (C=O) groups excluding carboxylic acids is 1. The second-order valence-corrected chi connectivity index (χ2v) is 15.6. The Kier molecular flexibility index (Phi) is 29.2. The zero-order valence-corrected chi connectivity index (χ0v) is 41.3. The SMILES string of the molecule is C1CCC1.C1CCC1.C=CC(=O)OCCCCCCOc1ccc(C=C)cc1.C=Cc1ccc2c(C=N)c(OC)ccc2c1.CC.COc1ccc(C)cc1C.Nc1ccc2ccccc2n1. The smallest absolute Gasteiger partial charge is 0.330 e. The monoisotopic (exact) mass is 908 g/mol. The van der Waals surface area contributed by atoms with Gasteiger partial charge in [-0.1, -0.05) is 163 Å². The van der Waals surface area contributed by atoms with Crippen molar-refractivity contribution in [3.05, 3.63) is 163 Å². The predicted octanol–water partition coefficient (Wildman–Crippen LogP) is 15.8. The van der Waals surface area contributed by atoms with E-state index in [0.29, 0.717) is 19.0 Å². The van der Waals surface area contributed by atoms with E-state index in [-0.39, 0.29) is 5.97 Å². The number of fused-ring (bicyclic) bond motifs is 2. The molecule has 1 heterocycles. The van der Waals surface area contributed by atoms with Gasteiger partial charge in [0.25, 0.3) is 0 Å². The second-order valence-electron chi connectivity index (χ2n) is 15.6. The quantitative estimate of drug-likeness (QED) is 0.0484. The van der Waals surface area contributed by atoms with E-state index in [1.54, 1.807) is 14.2 Å².